The van der Waals surface area contributed by atoms with Crippen LogP contribution in [0.5, 0.6) is 17.2 Å². The number of hydrogen-bond acceptors (Lipinski definition) is 8. The number of hydrogen-bond donors (Lipinski definition) is 0. The molecule has 45 heavy (non-hydrogen) atoms. The van der Waals surface area contributed by atoms with E-state index in [4.69, 9.17) is 28.4 Å². The molecule has 3 rings (SSSR count). The third kappa shape index (κ3) is 10.6. The highest BCUT2D eigenvalue weighted by molar-refractivity contribution is 5.98. The number of Topliss-reactive ketones (excluding diaryl/α,β-unsaturated/α-hetero) is 1. The van der Waals surface area contributed by atoms with Crippen LogP contribution < -0.4 is 14.2 Å². The van der Waals surface area contributed by atoms with Crippen molar-refractivity contribution in [3.8, 4) is 17.2 Å². The van der Waals surface area contributed by atoms with E-state index in [0.29, 0.717) is 26.1 Å². The molecule has 1 unspecified atom stereocenters. The lowest BCUT2D eigenvalue weighted by atomic mass is 9.66. The van der Waals surface area contributed by atoms with Crippen molar-refractivity contribution in [1.82, 2.24) is 0 Å². The molecule has 1 aliphatic rings. The van der Waals surface area contributed by atoms with E-state index in [1.54, 1.807) is 21.1 Å². The van der Waals surface area contributed by atoms with Gasteiger partial charge in [0.15, 0.2) is 13.6 Å². The second-order valence-electron chi connectivity index (χ2n) is 11.8. The number of ether oxygens (including phenoxy) is 6. The molecule has 0 aromatic heterocycles. The van der Waals surface area contributed by atoms with Crippen LogP contribution in [-0.2, 0) is 29.2 Å². The Kier molecular flexibility index (Phi) is 15.4. The van der Waals surface area contributed by atoms with Crippen LogP contribution in [0, 0.1) is 5.92 Å². The van der Waals surface area contributed by atoms with Gasteiger partial charge in [0.2, 0.25) is 0 Å². The molecule has 0 spiro atoms. The third-order valence-electron chi connectivity index (χ3n) is 8.47. The predicted octanol–water partition coefficient (Wildman–Crippen LogP) is 7.92. The summed E-state index contributed by atoms with van der Waals surface area (Å²) in [6.45, 7) is 7.24. The summed E-state index contributed by atoms with van der Waals surface area (Å²) >= 11 is 0. The quantitative estimate of drug-likeness (QED) is 0.0455. The van der Waals surface area contributed by atoms with Crippen molar-refractivity contribution in [2.75, 3.05) is 41.0 Å². The molecule has 2 aromatic carbocycles. The molecule has 0 aliphatic carbocycles. The predicted molar refractivity (Wildman–Crippen MR) is 175 cm³/mol. The number of carbonyl (C=O) groups excluding carboxylic acids is 2. The van der Waals surface area contributed by atoms with Crippen molar-refractivity contribution in [3.05, 3.63) is 65.7 Å². The molecule has 8 nitrogen and oxygen atoms in total. The number of allylic oxidation sites excluding steroid dienone is 2. The SMILES string of the molecule is CCCC(=O)C(CCCCCCC=CC[C@@H]1c2ccc(OCOC)cc2OC[C@]1(C)c1ccc(OCOC)cc1)C(=O)OCC. The first-order valence-electron chi connectivity index (χ1n) is 16.3. The first-order valence-corrected chi connectivity index (χ1v) is 16.3. The van der Waals surface area contributed by atoms with Crippen LogP contribution in [0.3, 0.4) is 0 Å². The van der Waals surface area contributed by atoms with Gasteiger partial charge in [0.05, 0.1) is 13.2 Å². The molecule has 0 N–H and O–H groups in total. The average molecular weight is 625 g/mol. The van der Waals surface area contributed by atoms with Gasteiger partial charge in [-0.2, -0.15) is 0 Å². The summed E-state index contributed by atoms with van der Waals surface area (Å²) < 4.78 is 32.9. The van der Waals surface area contributed by atoms with E-state index >= 15 is 0 Å². The van der Waals surface area contributed by atoms with Crippen molar-refractivity contribution in [2.24, 2.45) is 5.92 Å². The lowest BCUT2D eigenvalue weighted by molar-refractivity contribution is -0.152. The highest BCUT2D eigenvalue weighted by atomic mass is 16.7. The summed E-state index contributed by atoms with van der Waals surface area (Å²) in [6, 6.07) is 14.3. The van der Waals surface area contributed by atoms with Crippen LogP contribution >= 0.6 is 0 Å². The van der Waals surface area contributed by atoms with E-state index in [2.05, 4.69) is 37.3 Å². The summed E-state index contributed by atoms with van der Waals surface area (Å²) in [5.74, 6) is 1.55. The van der Waals surface area contributed by atoms with E-state index in [1.807, 2.05) is 31.2 Å². The molecule has 1 aliphatic heterocycles. The van der Waals surface area contributed by atoms with Gasteiger partial charge in [-0.15, -0.1) is 0 Å². The Morgan fingerprint density at radius 2 is 1.62 bits per heavy atom. The largest absolute Gasteiger partial charge is 0.492 e. The summed E-state index contributed by atoms with van der Waals surface area (Å²) in [7, 11) is 3.21. The van der Waals surface area contributed by atoms with Gasteiger partial charge >= 0.3 is 5.97 Å². The fourth-order valence-electron chi connectivity index (χ4n) is 5.93. The highest BCUT2D eigenvalue weighted by Crippen LogP contribution is 2.49. The number of esters is 1. The maximum atomic E-state index is 12.4. The highest BCUT2D eigenvalue weighted by Gasteiger charge is 2.42. The van der Waals surface area contributed by atoms with E-state index in [-0.39, 0.29) is 36.7 Å². The molecule has 8 heteroatoms. The summed E-state index contributed by atoms with van der Waals surface area (Å²) in [5.41, 5.74) is 2.10. The molecular weight excluding hydrogens is 572 g/mol. The number of ketones is 1. The van der Waals surface area contributed by atoms with Gasteiger partial charge in [0, 0.05) is 38.0 Å². The van der Waals surface area contributed by atoms with Crippen molar-refractivity contribution in [2.45, 2.75) is 89.9 Å². The van der Waals surface area contributed by atoms with E-state index in [1.165, 1.54) is 5.56 Å². The topological polar surface area (TPSA) is 89.5 Å². The zero-order valence-corrected chi connectivity index (χ0v) is 27.8. The van der Waals surface area contributed by atoms with Crippen LogP contribution in [-0.4, -0.2) is 52.8 Å². The van der Waals surface area contributed by atoms with Gasteiger partial charge in [-0.1, -0.05) is 63.5 Å². The van der Waals surface area contributed by atoms with Crippen molar-refractivity contribution >= 4 is 11.8 Å². The fraction of sp³-hybridized carbons (Fsp3) is 0.568. The van der Waals surface area contributed by atoms with Crippen LogP contribution in [0.15, 0.2) is 54.6 Å². The van der Waals surface area contributed by atoms with Gasteiger partial charge in [-0.25, -0.2) is 0 Å². The molecule has 0 fully saturated rings. The van der Waals surface area contributed by atoms with Crippen LogP contribution in [0.1, 0.15) is 95.6 Å². The maximum Gasteiger partial charge on any atom is 0.316 e. The lowest BCUT2D eigenvalue weighted by Crippen LogP contribution is -2.40. The van der Waals surface area contributed by atoms with Crippen molar-refractivity contribution < 1.29 is 38.0 Å². The standard InChI is InChI=1S/C37H52O8/c1-6-15-34(38)32(36(39)42-7-2)16-13-11-9-8-10-12-14-17-33-31-23-22-30(45-27-41-5)24-35(31)43-25-37(33,3)28-18-20-29(21-19-28)44-26-40-4/h12,14,18-24,32-33H,6-11,13,15-17,25-27H2,1-5H3/t32?,33-,37-/m1/s1. The Hall–Kier alpha value is -3.36. The van der Waals surface area contributed by atoms with E-state index in [9.17, 15) is 9.59 Å². The second-order valence-corrected chi connectivity index (χ2v) is 11.8. The third-order valence-corrected chi connectivity index (χ3v) is 8.47. The van der Waals surface area contributed by atoms with Crippen LogP contribution in [0.2, 0.25) is 0 Å². The lowest BCUT2D eigenvalue weighted by Gasteiger charge is -2.42. The summed E-state index contributed by atoms with van der Waals surface area (Å²) in [6.07, 6.45) is 12.1. The first kappa shape index (κ1) is 36.1. The molecular formula is C37H52O8. The Bertz CT molecular complexity index is 1190. The Balaban J connectivity index is 1.61. The van der Waals surface area contributed by atoms with Crippen LogP contribution in [0.25, 0.3) is 0 Å². The molecule has 0 radical (unpaired) electrons. The monoisotopic (exact) mass is 624 g/mol. The van der Waals surface area contributed by atoms with Gasteiger partial charge in [0.25, 0.3) is 0 Å². The van der Waals surface area contributed by atoms with E-state index in [0.717, 1.165) is 67.8 Å². The van der Waals surface area contributed by atoms with Crippen molar-refractivity contribution in [1.29, 1.82) is 0 Å². The smallest absolute Gasteiger partial charge is 0.316 e. The molecule has 0 saturated heterocycles. The van der Waals surface area contributed by atoms with Gasteiger partial charge in [-0.3, -0.25) is 9.59 Å². The minimum Gasteiger partial charge on any atom is -0.492 e. The Morgan fingerprint density at radius 1 is 0.933 bits per heavy atom. The van der Waals surface area contributed by atoms with Crippen LogP contribution in [0.4, 0.5) is 0 Å². The summed E-state index contributed by atoms with van der Waals surface area (Å²) in [5, 5.41) is 0. The van der Waals surface area contributed by atoms with Gasteiger partial charge in [0.1, 0.15) is 28.9 Å². The zero-order chi connectivity index (χ0) is 32.5. The number of unbranched alkanes of at least 4 members (excludes halogenated alkanes) is 4. The van der Waals surface area contributed by atoms with E-state index < -0.39 is 5.92 Å². The number of fused-ring (bicyclic) bond motifs is 1. The average Bonchev–Trinajstić information content (AvgIpc) is 3.04. The normalized spacial score (nSPS) is 18.2. The Labute approximate surface area is 269 Å². The van der Waals surface area contributed by atoms with Crippen molar-refractivity contribution in [3.63, 3.8) is 0 Å². The first-order chi connectivity index (χ1) is 21.9. The minimum atomic E-state index is -0.613. The zero-order valence-electron chi connectivity index (χ0n) is 27.8. The second kappa shape index (κ2) is 19.2. The number of rotatable bonds is 21. The summed E-state index contributed by atoms with van der Waals surface area (Å²) in [4.78, 5) is 24.7. The fourth-order valence-corrected chi connectivity index (χ4v) is 5.93. The molecule has 0 bridgehead atoms. The maximum absolute atomic E-state index is 12.4. The molecule has 248 valence electrons. The number of methoxy groups -OCH3 is 2. The van der Waals surface area contributed by atoms with Gasteiger partial charge in [-0.05, 0) is 68.4 Å². The molecule has 2 aromatic rings. The molecule has 3 atom stereocenters. The Morgan fingerprint density at radius 3 is 2.31 bits per heavy atom. The molecule has 0 amide bonds. The number of benzene rings is 2. The molecule has 0 saturated carbocycles. The molecule has 1 heterocycles. The number of carbonyl (C=O) groups is 2. The van der Waals surface area contributed by atoms with Gasteiger partial charge < -0.3 is 28.4 Å². The minimum absolute atomic E-state index is 0.00895.